The Morgan fingerprint density at radius 3 is 2.28 bits per heavy atom. The van der Waals surface area contributed by atoms with E-state index in [0.717, 1.165) is 38.2 Å². The van der Waals surface area contributed by atoms with Gasteiger partial charge in [0.15, 0.2) is 5.75 Å². The summed E-state index contributed by atoms with van der Waals surface area (Å²) in [6.07, 6.45) is 6.75. The lowest BCUT2D eigenvalue weighted by atomic mass is 10.0. The van der Waals surface area contributed by atoms with Gasteiger partial charge < -0.3 is 19.7 Å². The quantitative estimate of drug-likeness (QED) is 0.239. The number of benzene rings is 2. The van der Waals surface area contributed by atoms with Crippen molar-refractivity contribution in [1.29, 1.82) is 0 Å². The smallest absolute Gasteiger partial charge is 0.328 e. The molecule has 2 aliphatic rings. The molecule has 2 amide bonds. The van der Waals surface area contributed by atoms with Crippen molar-refractivity contribution in [2.24, 2.45) is 0 Å². The van der Waals surface area contributed by atoms with Gasteiger partial charge in [0.1, 0.15) is 23.5 Å². The molecule has 0 fully saturated rings. The van der Waals surface area contributed by atoms with Gasteiger partial charge in [-0.05, 0) is 55.2 Å². The Morgan fingerprint density at radius 2 is 1.64 bits per heavy atom. The Labute approximate surface area is 278 Å². The van der Waals surface area contributed by atoms with Crippen molar-refractivity contribution in [2.45, 2.75) is 90.6 Å². The van der Waals surface area contributed by atoms with Gasteiger partial charge in [-0.1, -0.05) is 64.2 Å². The lowest BCUT2D eigenvalue weighted by Gasteiger charge is -2.32. The molecule has 0 radical (unpaired) electrons. The van der Waals surface area contributed by atoms with E-state index in [0.29, 0.717) is 36.9 Å². The number of hydrogen-bond donors (Lipinski definition) is 1. The van der Waals surface area contributed by atoms with Crippen LogP contribution in [0.25, 0.3) is 0 Å². The molecule has 0 saturated carbocycles. The molecule has 2 atom stereocenters. The molecule has 0 aromatic heterocycles. The monoisotopic (exact) mass is 693 g/mol. The zero-order valence-electron chi connectivity index (χ0n) is 27.9. The molecule has 12 nitrogen and oxygen atoms in total. The maximum absolute atomic E-state index is 14.1. The lowest BCUT2D eigenvalue weighted by Crippen LogP contribution is -2.54. The maximum atomic E-state index is 14.1. The normalized spacial score (nSPS) is 17.6. The summed E-state index contributed by atoms with van der Waals surface area (Å²) >= 11 is 0. The standard InChI is InChI=1S/C33H47N3O9S2/c1-6-9-11-12-16-28-32(38)34-27(33(39)44-8-3)21-25-17-18-30(29(22-25)36(46(4,40)41)47(5,42)43)45-26-15-13-14-24(20-26)23-31(37)35(28)19-10-7-2/h13-15,17-18,20,22,27-28H,6-12,16,19,21,23H2,1-5H3,(H,34,38). The minimum Gasteiger partial charge on any atom is -0.464 e. The van der Waals surface area contributed by atoms with Crippen LogP contribution in [0.2, 0.25) is 0 Å². The third kappa shape index (κ3) is 10.7. The summed E-state index contributed by atoms with van der Waals surface area (Å²) in [5, 5.41) is 2.81. The zero-order chi connectivity index (χ0) is 34.8. The number of fused-ring (bicyclic) bond motifs is 9. The number of amides is 2. The van der Waals surface area contributed by atoms with Crippen molar-refractivity contribution in [3.8, 4) is 11.5 Å². The molecule has 4 rings (SSSR count). The first kappa shape index (κ1) is 37.8. The second kappa shape index (κ2) is 17.0. The van der Waals surface area contributed by atoms with Crippen molar-refractivity contribution in [2.75, 3.05) is 29.4 Å². The zero-order valence-corrected chi connectivity index (χ0v) is 29.5. The molecular weight excluding hydrogens is 647 g/mol. The summed E-state index contributed by atoms with van der Waals surface area (Å²) in [5.74, 6) is -1.34. The van der Waals surface area contributed by atoms with Crippen LogP contribution in [0.1, 0.15) is 76.8 Å². The van der Waals surface area contributed by atoms with Crippen LogP contribution in [0.15, 0.2) is 42.5 Å². The molecule has 2 aromatic rings. The highest BCUT2D eigenvalue weighted by molar-refractivity contribution is 8.09. The van der Waals surface area contributed by atoms with Gasteiger partial charge >= 0.3 is 5.97 Å². The molecule has 2 unspecified atom stereocenters. The molecule has 1 N–H and O–H groups in total. The Balaban J connectivity index is 2.24. The van der Waals surface area contributed by atoms with Crippen LogP contribution >= 0.6 is 0 Å². The molecule has 2 aromatic carbocycles. The van der Waals surface area contributed by atoms with Crippen molar-refractivity contribution in [1.82, 2.24) is 10.2 Å². The van der Waals surface area contributed by atoms with Crippen molar-refractivity contribution >= 4 is 43.5 Å². The molecule has 260 valence electrons. The van der Waals surface area contributed by atoms with Gasteiger partial charge in [-0.25, -0.2) is 21.6 Å². The molecule has 14 heteroatoms. The predicted octanol–water partition coefficient (Wildman–Crippen LogP) is 4.32. The second-order valence-corrected chi connectivity index (χ2v) is 15.7. The van der Waals surface area contributed by atoms with Crippen LogP contribution in [0.5, 0.6) is 11.5 Å². The summed E-state index contributed by atoms with van der Waals surface area (Å²) in [6.45, 7) is 6.12. The Bertz CT molecular complexity index is 1600. The number of nitrogens with zero attached hydrogens (tertiary/aromatic N) is 2. The number of rotatable bonds is 13. The van der Waals surface area contributed by atoms with E-state index in [1.807, 2.05) is 6.92 Å². The number of esters is 1. The molecule has 0 aliphatic carbocycles. The van der Waals surface area contributed by atoms with E-state index in [4.69, 9.17) is 9.47 Å². The molecule has 47 heavy (non-hydrogen) atoms. The minimum absolute atomic E-state index is 0.0401. The molecule has 4 bridgehead atoms. The molecule has 0 spiro atoms. The van der Waals surface area contributed by atoms with E-state index in [9.17, 15) is 31.2 Å². The fraction of sp³-hybridized carbons (Fsp3) is 0.545. The number of carbonyl (C=O) groups excluding carboxylic acids is 3. The van der Waals surface area contributed by atoms with Crippen molar-refractivity contribution in [3.05, 3.63) is 53.6 Å². The minimum atomic E-state index is -4.38. The summed E-state index contributed by atoms with van der Waals surface area (Å²) in [6, 6.07) is 8.86. The third-order valence-electron chi connectivity index (χ3n) is 7.71. The number of anilines is 1. The van der Waals surface area contributed by atoms with E-state index in [2.05, 4.69) is 12.2 Å². The highest BCUT2D eigenvalue weighted by Gasteiger charge is 2.34. The van der Waals surface area contributed by atoms with Gasteiger partial charge in [0.2, 0.25) is 31.9 Å². The number of unbranched alkanes of at least 4 members (excludes halogenated alkanes) is 4. The Hall–Kier alpha value is -3.65. The van der Waals surface area contributed by atoms with E-state index < -0.39 is 44.0 Å². The summed E-state index contributed by atoms with van der Waals surface area (Å²) in [5.41, 5.74) is 0.619. The van der Waals surface area contributed by atoms with Gasteiger partial charge in [-0.3, -0.25) is 9.59 Å². The predicted molar refractivity (Wildman–Crippen MR) is 180 cm³/mol. The van der Waals surface area contributed by atoms with Crippen molar-refractivity contribution < 1.29 is 40.7 Å². The first-order valence-corrected chi connectivity index (χ1v) is 19.8. The van der Waals surface area contributed by atoms with Crippen LogP contribution in [0, 0.1) is 0 Å². The van der Waals surface area contributed by atoms with Gasteiger partial charge in [-0.2, -0.15) is 3.71 Å². The van der Waals surface area contributed by atoms with Gasteiger partial charge in [0.05, 0.1) is 25.5 Å². The van der Waals surface area contributed by atoms with E-state index in [1.54, 1.807) is 42.2 Å². The topological polar surface area (TPSA) is 156 Å². The number of nitrogens with one attached hydrogen (secondary N) is 1. The Morgan fingerprint density at radius 1 is 0.936 bits per heavy atom. The highest BCUT2D eigenvalue weighted by atomic mass is 32.3. The molecule has 2 aliphatic heterocycles. The first-order chi connectivity index (χ1) is 22.2. The fourth-order valence-electron chi connectivity index (χ4n) is 5.56. The van der Waals surface area contributed by atoms with Gasteiger partial charge in [0.25, 0.3) is 0 Å². The Kier molecular flexibility index (Phi) is 13.6. The van der Waals surface area contributed by atoms with Gasteiger partial charge in [0, 0.05) is 13.0 Å². The molecule has 2 heterocycles. The van der Waals surface area contributed by atoms with Crippen molar-refractivity contribution in [3.63, 3.8) is 0 Å². The molecular formula is C33H47N3O9S2. The maximum Gasteiger partial charge on any atom is 0.328 e. The summed E-state index contributed by atoms with van der Waals surface area (Å²) < 4.78 is 62.9. The molecule has 0 saturated heterocycles. The first-order valence-electron chi connectivity index (χ1n) is 16.1. The van der Waals surface area contributed by atoms with Crippen LogP contribution < -0.4 is 13.8 Å². The number of ether oxygens (including phenoxy) is 2. The summed E-state index contributed by atoms with van der Waals surface area (Å²) in [7, 11) is -8.75. The largest absolute Gasteiger partial charge is 0.464 e. The number of carbonyl (C=O) groups is 3. The SMILES string of the molecule is CCCCCCC1C(=O)NC(C(=O)OCC)Cc2ccc(c(N(S(C)(=O)=O)S(C)(=O)=O)c2)Oc2cccc(c2)CC(=O)N1CCCC. The average Bonchev–Trinajstić information content (AvgIpc) is 2.97. The van der Waals surface area contributed by atoms with E-state index in [-0.39, 0.29) is 46.3 Å². The van der Waals surface area contributed by atoms with E-state index in [1.165, 1.54) is 12.1 Å². The third-order valence-corrected chi connectivity index (χ3v) is 10.9. The van der Waals surface area contributed by atoms with Crippen LogP contribution in [-0.2, 0) is 52.0 Å². The van der Waals surface area contributed by atoms with Crippen LogP contribution in [0.4, 0.5) is 5.69 Å². The average molecular weight is 694 g/mol. The van der Waals surface area contributed by atoms with Gasteiger partial charge in [-0.15, -0.1) is 0 Å². The van der Waals surface area contributed by atoms with E-state index >= 15 is 0 Å². The fourth-order valence-corrected chi connectivity index (χ4v) is 8.53. The second-order valence-electron chi connectivity index (χ2n) is 11.8. The van der Waals surface area contributed by atoms with Crippen LogP contribution in [-0.4, -0.2) is 77.3 Å². The van der Waals surface area contributed by atoms with Crippen LogP contribution in [0.3, 0.4) is 0 Å². The number of hydrogen-bond acceptors (Lipinski definition) is 9. The number of sulfonamides is 2. The lowest BCUT2D eigenvalue weighted by molar-refractivity contribution is -0.148. The summed E-state index contributed by atoms with van der Waals surface area (Å²) in [4.78, 5) is 42.8. The highest BCUT2D eigenvalue weighted by Crippen LogP contribution is 2.37.